The number of aromatic nitrogens is 2. The highest BCUT2D eigenvalue weighted by Crippen LogP contribution is 2.07. The van der Waals surface area contributed by atoms with Crippen LogP contribution in [0.1, 0.15) is 31.0 Å². The van der Waals surface area contributed by atoms with Crippen molar-refractivity contribution in [3.63, 3.8) is 0 Å². The first-order valence-corrected chi connectivity index (χ1v) is 5.71. The minimum absolute atomic E-state index is 0.751. The predicted molar refractivity (Wildman–Crippen MR) is 62.6 cm³/mol. The topological polar surface area (TPSA) is 55.9 Å². The molecule has 0 aliphatic heterocycles. The van der Waals surface area contributed by atoms with Crippen LogP contribution in [0, 0.1) is 6.92 Å². The standard InChI is InChI=1S/C11H22N4/c1-3-7-15-10(2)11(9-14-15)8-13-6-4-5-12/h9,13H,3-8,12H2,1-2H3. The molecule has 0 aliphatic rings. The van der Waals surface area contributed by atoms with E-state index < -0.39 is 0 Å². The molecule has 1 rings (SSSR count). The first kappa shape index (κ1) is 12.2. The Morgan fingerprint density at radius 3 is 3.00 bits per heavy atom. The lowest BCUT2D eigenvalue weighted by Gasteiger charge is -2.05. The maximum absolute atomic E-state index is 5.43. The van der Waals surface area contributed by atoms with Crippen molar-refractivity contribution >= 4 is 0 Å². The van der Waals surface area contributed by atoms with Crippen molar-refractivity contribution in [2.45, 2.75) is 39.8 Å². The zero-order valence-electron chi connectivity index (χ0n) is 9.79. The summed E-state index contributed by atoms with van der Waals surface area (Å²) in [5.74, 6) is 0. The highest BCUT2D eigenvalue weighted by atomic mass is 15.3. The van der Waals surface area contributed by atoms with Gasteiger partial charge in [-0.1, -0.05) is 6.92 Å². The molecule has 86 valence electrons. The van der Waals surface area contributed by atoms with Crippen molar-refractivity contribution in [3.8, 4) is 0 Å². The maximum atomic E-state index is 5.43. The molecule has 0 atom stereocenters. The third-order valence-electron chi connectivity index (χ3n) is 2.51. The molecule has 1 aromatic heterocycles. The largest absolute Gasteiger partial charge is 0.330 e. The molecule has 4 nitrogen and oxygen atoms in total. The van der Waals surface area contributed by atoms with E-state index in [2.05, 4.69) is 28.9 Å². The van der Waals surface area contributed by atoms with Crippen LogP contribution in [0.5, 0.6) is 0 Å². The smallest absolute Gasteiger partial charge is 0.0537 e. The molecule has 0 fully saturated rings. The van der Waals surface area contributed by atoms with Crippen molar-refractivity contribution in [2.24, 2.45) is 5.73 Å². The van der Waals surface area contributed by atoms with Crippen LogP contribution in [0.3, 0.4) is 0 Å². The summed E-state index contributed by atoms with van der Waals surface area (Å²) >= 11 is 0. The molecular weight excluding hydrogens is 188 g/mol. The maximum Gasteiger partial charge on any atom is 0.0537 e. The highest BCUT2D eigenvalue weighted by molar-refractivity contribution is 5.15. The predicted octanol–water partition coefficient (Wildman–Crippen LogP) is 1.04. The van der Waals surface area contributed by atoms with E-state index >= 15 is 0 Å². The quantitative estimate of drug-likeness (QED) is 0.661. The van der Waals surface area contributed by atoms with Crippen LogP contribution in [0.15, 0.2) is 6.20 Å². The minimum Gasteiger partial charge on any atom is -0.330 e. The van der Waals surface area contributed by atoms with Gasteiger partial charge in [-0.25, -0.2) is 0 Å². The van der Waals surface area contributed by atoms with Gasteiger partial charge in [0.15, 0.2) is 0 Å². The fourth-order valence-corrected chi connectivity index (χ4v) is 1.55. The van der Waals surface area contributed by atoms with Crippen molar-refractivity contribution < 1.29 is 0 Å². The molecule has 1 aromatic rings. The Balaban J connectivity index is 2.40. The molecule has 0 aliphatic carbocycles. The van der Waals surface area contributed by atoms with Gasteiger partial charge >= 0.3 is 0 Å². The number of nitrogens with zero attached hydrogens (tertiary/aromatic N) is 2. The van der Waals surface area contributed by atoms with Crippen LogP contribution in [-0.2, 0) is 13.1 Å². The second-order valence-corrected chi connectivity index (χ2v) is 3.80. The zero-order chi connectivity index (χ0) is 11.1. The van der Waals surface area contributed by atoms with Crippen LogP contribution >= 0.6 is 0 Å². The van der Waals surface area contributed by atoms with Crippen molar-refractivity contribution in [3.05, 3.63) is 17.5 Å². The number of hydrogen-bond acceptors (Lipinski definition) is 3. The average molecular weight is 210 g/mol. The van der Waals surface area contributed by atoms with Gasteiger partial charge in [0.2, 0.25) is 0 Å². The monoisotopic (exact) mass is 210 g/mol. The molecule has 0 bridgehead atoms. The van der Waals surface area contributed by atoms with Gasteiger partial charge in [-0.05, 0) is 32.9 Å². The summed E-state index contributed by atoms with van der Waals surface area (Å²) in [5.41, 5.74) is 7.99. The molecule has 0 saturated heterocycles. The Morgan fingerprint density at radius 1 is 1.53 bits per heavy atom. The second-order valence-electron chi connectivity index (χ2n) is 3.80. The lowest BCUT2D eigenvalue weighted by molar-refractivity contribution is 0.584. The Labute approximate surface area is 91.8 Å². The van der Waals surface area contributed by atoms with Crippen molar-refractivity contribution in [2.75, 3.05) is 13.1 Å². The van der Waals surface area contributed by atoms with Crippen LogP contribution in [0.25, 0.3) is 0 Å². The molecule has 15 heavy (non-hydrogen) atoms. The summed E-state index contributed by atoms with van der Waals surface area (Å²) in [6.07, 6.45) is 4.12. The third kappa shape index (κ3) is 3.64. The Kier molecular flexibility index (Phi) is 5.36. The summed E-state index contributed by atoms with van der Waals surface area (Å²) in [6, 6.07) is 0. The van der Waals surface area contributed by atoms with Gasteiger partial charge in [0.25, 0.3) is 0 Å². The first-order chi connectivity index (χ1) is 7.29. The van der Waals surface area contributed by atoms with E-state index in [1.807, 2.05) is 6.20 Å². The van der Waals surface area contributed by atoms with Crippen LogP contribution in [0.4, 0.5) is 0 Å². The summed E-state index contributed by atoms with van der Waals surface area (Å²) in [7, 11) is 0. The average Bonchev–Trinajstić information content (AvgIpc) is 2.57. The number of aryl methyl sites for hydroxylation is 1. The number of nitrogens with two attached hydrogens (primary N) is 1. The molecule has 0 radical (unpaired) electrons. The molecule has 0 aromatic carbocycles. The molecular formula is C11H22N4. The third-order valence-corrected chi connectivity index (χ3v) is 2.51. The molecule has 3 N–H and O–H groups in total. The van der Waals surface area contributed by atoms with E-state index in [1.54, 1.807) is 0 Å². The number of rotatable bonds is 7. The first-order valence-electron chi connectivity index (χ1n) is 5.71. The van der Waals surface area contributed by atoms with Gasteiger partial charge in [0.1, 0.15) is 0 Å². The fraction of sp³-hybridized carbons (Fsp3) is 0.727. The zero-order valence-corrected chi connectivity index (χ0v) is 9.79. The van der Waals surface area contributed by atoms with Gasteiger partial charge in [0, 0.05) is 24.3 Å². The van der Waals surface area contributed by atoms with Gasteiger partial charge in [-0.2, -0.15) is 5.10 Å². The van der Waals surface area contributed by atoms with Gasteiger partial charge in [-0.3, -0.25) is 4.68 Å². The van der Waals surface area contributed by atoms with Gasteiger partial charge in [0.05, 0.1) is 6.20 Å². The summed E-state index contributed by atoms with van der Waals surface area (Å²) < 4.78 is 2.07. The molecule has 0 spiro atoms. The van der Waals surface area contributed by atoms with Crippen LogP contribution in [-0.4, -0.2) is 22.9 Å². The minimum atomic E-state index is 0.751. The summed E-state index contributed by atoms with van der Waals surface area (Å²) in [5, 5.41) is 7.72. The van der Waals surface area contributed by atoms with E-state index in [0.717, 1.165) is 39.0 Å². The van der Waals surface area contributed by atoms with Crippen LogP contribution in [0.2, 0.25) is 0 Å². The fourth-order valence-electron chi connectivity index (χ4n) is 1.55. The van der Waals surface area contributed by atoms with E-state index in [0.29, 0.717) is 0 Å². The molecule has 0 amide bonds. The molecule has 4 heteroatoms. The van der Waals surface area contributed by atoms with Crippen molar-refractivity contribution in [1.82, 2.24) is 15.1 Å². The van der Waals surface area contributed by atoms with Gasteiger partial charge < -0.3 is 11.1 Å². The van der Waals surface area contributed by atoms with Crippen molar-refractivity contribution in [1.29, 1.82) is 0 Å². The Bertz CT molecular complexity index is 280. The molecule has 0 unspecified atom stereocenters. The summed E-state index contributed by atoms with van der Waals surface area (Å²) in [4.78, 5) is 0. The Hall–Kier alpha value is -0.870. The highest BCUT2D eigenvalue weighted by Gasteiger charge is 2.04. The second kappa shape index (κ2) is 6.58. The van der Waals surface area contributed by atoms with Gasteiger partial charge in [-0.15, -0.1) is 0 Å². The SMILES string of the molecule is CCCn1ncc(CNCCCN)c1C. The number of hydrogen-bond donors (Lipinski definition) is 2. The van der Waals surface area contributed by atoms with E-state index in [9.17, 15) is 0 Å². The van der Waals surface area contributed by atoms with E-state index in [4.69, 9.17) is 5.73 Å². The Morgan fingerprint density at radius 2 is 2.33 bits per heavy atom. The lowest BCUT2D eigenvalue weighted by Crippen LogP contribution is -2.18. The van der Waals surface area contributed by atoms with E-state index in [-0.39, 0.29) is 0 Å². The normalized spacial score (nSPS) is 10.9. The number of nitrogens with one attached hydrogen (secondary N) is 1. The lowest BCUT2D eigenvalue weighted by atomic mass is 10.2. The van der Waals surface area contributed by atoms with E-state index in [1.165, 1.54) is 11.3 Å². The molecule has 0 saturated carbocycles. The van der Waals surface area contributed by atoms with Crippen LogP contribution < -0.4 is 11.1 Å². The molecule has 1 heterocycles. The summed E-state index contributed by atoms with van der Waals surface area (Å²) in [6.45, 7) is 7.93.